The Morgan fingerprint density at radius 2 is 2.18 bits per heavy atom. The Kier molecular flexibility index (Phi) is 2.37. The van der Waals surface area contributed by atoms with Crippen LogP contribution in [0.3, 0.4) is 0 Å². The fourth-order valence-electron chi connectivity index (χ4n) is 2.29. The van der Waals surface area contributed by atoms with E-state index >= 15 is 0 Å². The highest BCUT2D eigenvalue weighted by atomic mass is 15.1. The molecule has 0 spiro atoms. The van der Waals surface area contributed by atoms with Gasteiger partial charge in [0.2, 0.25) is 0 Å². The number of nitriles is 1. The van der Waals surface area contributed by atoms with E-state index in [4.69, 9.17) is 0 Å². The second kappa shape index (κ2) is 4.02. The molecule has 17 heavy (non-hydrogen) atoms. The minimum Gasteiger partial charge on any atom is -0.289 e. The van der Waals surface area contributed by atoms with Gasteiger partial charge in [-0.25, -0.2) is 9.97 Å². The zero-order valence-corrected chi connectivity index (χ0v) is 9.43. The minimum atomic E-state index is 0.628. The van der Waals surface area contributed by atoms with Gasteiger partial charge in [0.1, 0.15) is 12.4 Å². The first-order valence-corrected chi connectivity index (χ1v) is 5.80. The van der Waals surface area contributed by atoms with E-state index in [0.29, 0.717) is 11.4 Å². The molecule has 0 aliphatic heterocycles. The highest BCUT2D eigenvalue weighted by Crippen LogP contribution is 2.23. The number of aromatic nitrogens is 3. The van der Waals surface area contributed by atoms with Crippen LogP contribution in [0, 0.1) is 11.3 Å². The fraction of sp³-hybridized carbons (Fsp3) is 0.308. The van der Waals surface area contributed by atoms with Crippen molar-refractivity contribution in [1.82, 2.24) is 14.5 Å². The molecule has 0 unspecified atom stereocenters. The number of nitrogens with zero attached hydrogens (tertiary/aromatic N) is 4. The van der Waals surface area contributed by atoms with E-state index in [1.165, 1.54) is 18.4 Å². The lowest BCUT2D eigenvalue weighted by molar-refractivity contribution is 0.664. The zero-order valence-electron chi connectivity index (χ0n) is 9.43. The third-order valence-corrected chi connectivity index (χ3v) is 3.15. The van der Waals surface area contributed by atoms with Crippen molar-refractivity contribution in [2.45, 2.75) is 25.7 Å². The van der Waals surface area contributed by atoms with Gasteiger partial charge in [0.25, 0.3) is 0 Å². The number of imidazole rings is 1. The van der Waals surface area contributed by atoms with Gasteiger partial charge in [0.05, 0.1) is 5.56 Å². The number of aryl methyl sites for hydroxylation is 2. The molecule has 4 heteroatoms. The third kappa shape index (κ3) is 1.70. The van der Waals surface area contributed by atoms with Gasteiger partial charge in [-0.3, -0.25) is 4.57 Å². The third-order valence-electron chi connectivity index (χ3n) is 3.15. The summed E-state index contributed by atoms with van der Waals surface area (Å²) in [6.45, 7) is 0. The predicted octanol–water partition coefficient (Wildman–Crippen LogP) is 2.02. The SMILES string of the molecule is N#Cc1cc2c(nc1-n1ccnc1)CCCC2. The van der Waals surface area contributed by atoms with E-state index in [0.717, 1.165) is 18.5 Å². The van der Waals surface area contributed by atoms with Crippen LogP contribution in [0.15, 0.2) is 24.8 Å². The van der Waals surface area contributed by atoms with Crippen LogP contribution < -0.4 is 0 Å². The molecule has 2 aromatic rings. The summed E-state index contributed by atoms with van der Waals surface area (Å²) in [5.74, 6) is 0.700. The van der Waals surface area contributed by atoms with E-state index in [1.54, 1.807) is 17.1 Å². The van der Waals surface area contributed by atoms with Crippen LogP contribution in [-0.2, 0) is 12.8 Å². The Labute approximate surface area is 99.6 Å². The molecule has 1 aliphatic carbocycles. The molecule has 84 valence electrons. The molecule has 0 atom stereocenters. The molecule has 3 rings (SSSR count). The van der Waals surface area contributed by atoms with Crippen molar-refractivity contribution in [3.63, 3.8) is 0 Å². The molecular weight excluding hydrogens is 212 g/mol. The van der Waals surface area contributed by atoms with Gasteiger partial charge in [-0.15, -0.1) is 0 Å². The first kappa shape index (κ1) is 10.0. The average Bonchev–Trinajstić information content (AvgIpc) is 2.91. The van der Waals surface area contributed by atoms with E-state index in [1.807, 2.05) is 12.3 Å². The smallest absolute Gasteiger partial charge is 0.156 e. The summed E-state index contributed by atoms with van der Waals surface area (Å²) >= 11 is 0. The molecule has 0 aromatic carbocycles. The molecule has 0 radical (unpaired) electrons. The van der Waals surface area contributed by atoms with Crippen LogP contribution in [0.5, 0.6) is 0 Å². The summed E-state index contributed by atoms with van der Waals surface area (Å²) in [5.41, 5.74) is 3.00. The average molecular weight is 224 g/mol. The zero-order chi connectivity index (χ0) is 11.7. The van der Waals surface area contributed by atoms with Crippen molar-refractivity contribution >= 4 is 0 Å². The maximum Gasteiger partial charge on any atom is 0.156 e. The van der Waals surface area contributed by atoms with E-state index < -0.39 is 0 Å². The summed E-state index contributed by atoms with van der Waals surface area (Å²) in [4.78, 5) is 8.63. The predicted molar refractivity (Wildman–Crippen MR) is 62.7 cm³/mol. The van der Waals surface area contributed by atoms with Gasteiger partial charge in [0.15, 0.2) is 5.82 Å². The highest BCUT2D eigenvalue weighted by molar-refractivity contribution is 5.47. The van der Waals surface area contributed by atoms with Gasteiger partial charge in [-0.2, -0.15) is 5.26 Å². The largest absolute Gasteiger partial charge is 0.289 e. The topological polar surface area (TPSA) is 54.5 Å². The van der Waals surface area contributed by atoms with E-state index in [-0.39, 0.29) is 0 Å². The summed E-state index contributed by atoms with van der Waals surface area (Å²) in [6.07, 6.45) is 9.64. The molecule has 0 N–H and O–H groups in total. The van der Waals surface area contributed by atoms with Crippen LogP contribution in [-0.4, -0.2) is 14.5 Å². The standard InChI is InChI=1S/C13H12N4/c14-8-11-7-10-3-1-2-4-12(10)16-13(11)17-6-5-15-9-17/h5-7,9H,1-4H2. The normalized spacial score (nSPS) is 14.1. The summed E-state index contributed by atoms with van der Waals surface area (Å²) in [6, 6.07) is 4.21. The Balaban J connectivity index is 2.18. The summed E-state index contributed by atoms with van der Waals surface area (Å²) in [7, 11) is 0. The second-order valence-electron chi connectivity index (χ2n) is 4.25. The number of hydrogen-bond donors (Lipinski definition) is 0. The van der Waals surface area contributed by atoms with Gasteiger partial charge < -0.3 is 0 Å². The Bertz CT molecular complexity index is 578. The Morgan fingerprint density at radius 1 is 1.29 bits per heavy atom. The van der Waals surface area contributed by atoms with E-state index in [9.17, 15) is 5.26 Å². The van der Waals surface area contributed by atoms with Crippen molar-refractivity contribution in [1.29, 1.82) is 5.26 Å². The highest BCUT2D eigenvalue weighted by Gasteiger charge is 2.15. The lowest BCUT2D eigenvalue weighted by Gasteiger charge is -2.16. The second-order valence-corrected chi connectivity index (χ2v) is 4.25. The first-order chi connectivity index (χ1) is 8.38. The van der Waals surface area contributed by atoms with Gasteiger partial charge in [-0.05, 0) is 37.3 Å². The van der Waals surface area contributed by atoms with Crippen molar-refractivity contribution in [2.75, 3.05) is 0 Å². The number of rotatable bonds is 1. The van der Waals surface area contributed by atoms with Crippen molar-refractivity contribution in [2.24, 2.45) is 0 Å². The molecule has 1 aliphatic rings. The first-order valence-electron chi connectivity index (χ1n) is 5.80. The van der Waals surface area contributed by atoms with Crippen molar-refractivity contribution in [3.05, 3.63) is 41.6 Å². The maximum atomic E-state index is 9.20. The molecule has 0 bridgehead atoms. The molecule has 0 amide bonds. The summed E-state index contributed by atoms with van der Waals surface area (Å²) in [5, 5.41) is 9.20. The minimum absolute atomic E-state index is 0.628. The fourth-order valence-corrected chi connectivity index (χ4v) is 2.29. The van der Waals surface area contributed by atoms with Crippen LogP contribution in [0.4, 0.5) is 0 Å². The quantitative estimate of drug-likeness (QED) is 0.744. The summed E-state index contributed by atoms with van der Waals surface area (Å²) < 4.78 is 1.80. The molecule has 2 heterocycles. The molecule has 0 fully saturated rings. The molecular formula is C13H12N4. The van der Waals surface area contributed by atoms with Crippen LogP contribution in [0.25, 0.3) is 5.82 Å². The number of fused-ring (bicyclic) bond motifs is 1. The van der Waals surface area contributed by atoms with Gasteiger partial charge in [-0.1, -0.05) is 0 Å². The lowest BCUT2D eigenvalue weighted by atomic mass is 9.95. The molecule has 0 saturated carbocycles. The van der Waals surface area contributed by atoms with Crippen molar-refractivity contribution in [3.8, 4) is 11.9 Å². The van der Waals surface area contributed by atoms with Gasteiger partial charge in [0, 0.05) is 18.1 Å². The maximum absolute atomic E-state index is 9.20. The van der Waals surface area contributed by atoms with Crippen molar-refractivity contribution < 1.29 is 0 Å². The van der Waals surface area contributed by atoms with Crippen LogP contribution >= 0.6 is 0 Å². The molecule has 2 aromatic heterocycles. The lowest BCUT2D eigenvalue weighted by Crippen LogP contribution is -2.10. The Morgan fingerprint density at radius 3 is 2.94 bits per heavy atom. The number of pyridine rings is 1. The van der Waals surface area contributed by atoms with Gasteiger partial charge >= 0.3 is 0 Å². The Hall–Kier alpha value is -2.15. The van der Waals surface area contributed by atoms with E-state index in [2.05, 4.69) is 16.0 Å². The number of hydrogen-bond acceptors (Lipinski definition) is 3. The molecule has 0 saturated heterocycles. The van der Waals surface area contributed by atoms with Crippen LogP contribution in [0.1, 0.15) is 29.7 Å². The molecule has 4 nitrogen and oxygen atoms in total. The van der Waals surface area contributed by atoms with Crippen LogP contribution in [0.2, 0.25) is 0 Å². The monoisotopic (exact) mass is 224 g/mol.